The first kappa shape index (κ1) is 16.5. The topological polar surface area (TPSA) is 50.3 Å². The van der Waals surface area contributed by atoms with Crippen LogP contribution in [0.4, 0.5) is 5.69 Å². The van der Waals surface area contributed by atoms with Crippen molar-refractivity contribution in [2.45, 2.75) is 11.4 Å². The first-order valence-electron chi connectivity index (χ1n) is 7.30. The Bertz CT molecular complexity index is 916. The number of para-hydroxylation sites is 1. The molecule has 3 aromatic rings. The zero-order valence-corrected chi connectivity index (χ0v) is 14.3. The molecule has 6 heteroatoms. The maximum atomic E-state index is 13.2. The van der Waals surface area contributed by atoms with Crippen molar-refractivity contribution in [2.24, 2.45) is 0 Å². The maximum Gasteiger partial charge on any atom is 0.266 e. The number of aromatic nitrogens is 1. The number of rotatable bonds is 5. The summed E-state index contributed by atoms with van der Waals surface area (Å²) in [6, 6.07) is 19.0. The summed E-state index contributed by atoms with van der Waals surface area (Å²) in [5, 5.41) is 0.199. The summed E-state index contributed by atoms with van der Waals surface area (Å²) in [6.07, 6.45) is 3.30. The average Bonchev–Trinajstić information content (AvgIpc) is 2.61. The minimum absolute atomic E-state index is 0.0828. The Kier molecular flexibility index (Phi) is 4.83. The highest BCUT2D eigenvalue weighted by Crippen LogP contribution is 2.29. The van der Waals surface area contributed by atoms with Crippen LogP contribution in [0, 0.1) is 0 Å². The third-order valence-electron chi connectivity index (χ3n) is 3.50. The van der Waals surface area contributed by atoms with Crippen molar-refractivity contribution in [1.29, 1.82) is 0 Å². The predicted octanol–water partition coefficient (Wildman–Crippen LogP) is 4.13. The molecule has 0 saturated carbocycles. The molecule has 0 spiro atoms. The third-order valence-corrected chi connectivity index (χ3v) is 5.77. The van der Waals surface area contributed by atoms with E-state index in [9.17, 15) is 8.42 Å². The van der Waals surface area contributed by atoms with Gasteiger partial charge in [-0.3, -0.25) is 9.29 Å². The fourth-order valence-corrected chi connectivity index (χ4v) is 4.29. The summed E-state index contributed by atoms with van der Waals surface area (Å²) >= 11 is 6.13. The van der Waals surface area contributed by atoms with E-state index in [2.05, 4.69) is 4.98 Å². The highest BCUT2D eigenvalue weighted by Gasteiger charge is 2.27. The van der Waals surface area contributed by atoms with Gasteiger partial charge in [0, 0.05) is 12.4 Å². The maximum absolute atomic E-state index is 13.2. The molecule has 1 heterocycles. The van der Waals surface area contributed by atoms with Crippen molar-refractivity contribution in [1.82, 2.24) is 4.98 Å². The Labute approximate surface area is 146 Å². The lowest BCUT2D eigenvalue weighted by atomic mass is 10.2. The zero-order valence-electron chi connectivity index (χ0n) is 12.7. The highest BCUT2D eigenvalue weighted by molar-refractivity contribution is 7.93. The molecule has 0 N–H and O–H groups in total. The molecule has 0 saturated heterocycles. The first-order chi connectivity index (χ1) is 11.6. The third kappa shape index (κ3) is 3.42. The van der Waals surface area contributed by atoms with E-state index in [0.717, 1.165) is 5.56 Å². The number of sulfonamides is 1. The second-order valence-corrected chi connectivity index (χ2v) is 7.38. The summed E-state index contributed by atoms with van der Waals surface area (Å²) in [6.45, 7) is 0.172. The summed E-state index contributed by atoms with van der Waals surface area (Å²) < 4.78 is 27.7. The van der Waals surface area contributed by atoms with Gasteiger partial charge < -0.3 is 0 Å². The van der Waals surface area contributed by atoms with Gasteiger partial charge >= 0.3 is 0 Å². The fraction of sp³-hybridized carbons (Fsp3) is 0.0556. The molecule has 3 rings (SSSR count). The number of pyridine rings is 1. The average molecular weight is 359 g/mol. The van der Waals surface area contributed by atoms with E-state index >= 15 is 0 Å². The minimum Gasteiger partial charge on any atom is -0.264 e. The van der Waals surface area contributed by atoms with Gasteiger partial charge in [0.1, 0.15) is 4.90 Å². The second-order valence-electron chi connectivity index (χ2n) is 5.14. The Hall–Kier alpha value is -2.37. The molecule has 24 heavy (non-hydrogen) atoms. The normalized spacial score (nSPS) is 11.2. The van der Waals surface area contributed by atoms with Crippen LogP contribution in [0.5, 0.6) is 0 Å². The molecule has 0 unspecified atom stereocenters. The predicted molar refractivity (Wildman–Crippen MR) is 95.5 cm³/mol. The number of hydrogen-bond donors (Lipinski definition) is 0. The van der Waals surface area contributed by atoms with Crippen LogP contribution >= 0.6 is 11.6 Å². The Morgan fingerprint density at radius 3 is 2.29 bits per heavy atom. The Morgan fingerprint density at radius 2 is 1.62 bits per heavy atom. The van der Waals surface area contributed by atoms with E-state index < -0.39 is 10.0 Å². The zero-order chi connectivity index (χ0) is 17.0. The number of nitrogens with zero attached hydrogens (tertiary/aromatic N) is 2. The molecule has 4 nitrogen and oxygen atoms in total. The molecule has 122 valence electrons. The van der Waals surface area contributed by atoms with Gasteiger partial charge in [-0.1, -0.05) is 48.0 Å². The largest absolute Gasteiger partial charge is 0.266 e. The summed E-state index contributed by atoms with van der Waals surface area (Å²) in [4.78, 5) is 4.14. The number of halogens is 1. The lowest BCUT2D eigenvalue weighted by molar-refractivity contribution is 0.590. The van der Waals surface area contributed by atoms with E-state index in [1.807, 2.05) is 12.1 Å². The Morgan fingerprint density at radius 1 is 0.917 bits per heavy atom. The summed E-state index contributed by atoms with van der Waals surface area (Å²) in [5.41, 5.74) is 1.36. The fourth-order valence-electron chi connectivity index (χ4n) is 2.34. The van der Waals surface area contributed by atoms with Gasteiger partial charge in [0.2, 0.25) is 0 Å². The molecule has 0 aliphatic carbocycles. The van der Waals surface area contributed by atoms with Gasteiger partial charge in [-0.25, -0.2) is 8.42 Å². The van der Waals surface area contributed by atoms with Crippen LogP contribution in [0.1, 0.15) is 5.56 Å². The van der Waals surface area contributed by atoms with Crippen LogP contribution in [0.15, 0.2) is 84.0 Å². The van der Waals surface area contributed by atoms with Crippen molar-refractivity contribution in [3.8, 4) is 0 Å². The first-order valence-corrected chi connectivity index (χ1v) is 9.12. The van der Waals surface area contributed by atoms with E-state index in [4.69, 9.17) is 11.6 Å². The van der Waals surface area contributed by atoms with Gasteiger partial charge in [-0.15, -0.1) is 0 Å². The number of anilines is 1. The number of hydrogen-bond acceptors (Lipinski definition) is 3. The van der Waals surface area contributed by atoms with E-state index in [0.29, 0.717) is 5.69 Å². The van der Waals surface area contributed by atoms with Crippen molar-refractivity contribution in [3.63, 3.8) is 0 Å². The molecule has 1 aromatic heterocycles. The van der Waals surface area contributed by atoms with Gasteiger partial charge in [0.25, 0.3) is 10.0 Å². The molecule has 0 aliphatic rings. The summed E-state index contributed by atoms with van der Waals surface area (Å²) in [7, 11) is -3.81. The van der Waals surface area contributed by atoms with Gasteiger partial charge in [-0.05, 0) is 35.9 Å². The van der Waals surface area contributed by atoms with E-state index in [1.165, 1.54) is 10.4 Å². The van der Waals surface area contributed by atoms with Crippen LogP contribution in [0.2, 0.25) is 5.02 Å². The van der Waals surface area contributed by atoms with Crippen LogP contribution in [0.25, 0.3) is 0 Å². The van der Waals surface area contributed by atoms with Gasteiger partial charge in [0.15, 0.2) is 0 Å². The number of benzene rings is 2. The van der Waals surface area contributed by atoms with E-state index in [1.54, 1.807) is 60.9 Å². The molecular formula is C18H15ClN2O2S. The Balaban J connectivity index is 2.09. The van der Waals surface area contributed by atoms with Gasteiger partial charge in [-0.2, -0.15) is 0 Å². The molecule has 2 aromatic carbocycles. The van der Waals surface area contributed by atoms with Crippen LogP contribution in [0.3, 0.4) is 0 Å². The van der Waals surface area contributed by atoms with Crippen molar-refractivity contribution in [2.75, 3.05) is 4.31 Å². The highest BCUT2D eigenvalue weighted by atomic mass is 35.5. The van der Waals surface area contributed by atoms with Gasteiger partial charge in [0.05, 0.1) is 17.3 Å². The SMILES string of the molecule is O=S(=O)(c1ccccc1Cl)N(Cc1cccnc1)c1ccccc1. The van der Waals surface area contributed by atoms with Crippen molar-refractivity contribution >= 4 is 27.3 Å². The quantitative estimate of drug-likeness (QED) is 0.689. The molecule has 0 fully saturated rings. The lowest BCUT2D eigenvalue weighted by Gasteiger charge is -2.25. The molecule has 0 atom stereocenters. The van der Waals surface area contributed by atoms with Crippen LogP contribution < -0.4 is 4.31 Å². The van der Waals surface area contributed by atoms with Crippen LogP contribution in [-0.2, 0) is 16.6 Å². The molecule has 0 bridgehead atoms. The second kappa shape index (κ2) is 7.03. The standard InChI is InChI=1S/C18H15ClN2O2S/c19-17-10-4-5-11-18(17)24(22,23)21(16-8-2-1-3-9-16)14-15-7-6-12-20-13-15/h1-13H,14H2. The summed E-state index contributed by atoms with van der Waals surface area (Å²) in [5.74, 6) is 0. The lowest BCUT2D eigenvalue weighted by Crippen LogP contribution is -2.30. The molecule has 0 amide bonds. The molecule has 0 aliphatic heterocycles. The molecular weight excluding hydrogens is 344 g/mol. The molecule has 0 radical (unpaired) electrons. The monoisotopic (exact) mass is 358 g/mol. The minimum atomic E-state index is -3.81. The van der Waals surface area contributed by atoms with Crippen molar-refractivity contribution in [3.05, 3.63) is 89.7 Å². The van der Waals surface area contributed by atoms with Crippen molar-refractivity contribution < 1.29 is 8.42 Å². The van der Waals surface area contributed by atoms with E-state index in [-0.39, 0.29) is 16.5 Å². The van der Waals surface area contributed by atoms with Crippen LogP contribution in [-0.4, -0.2) is 13.4 Å². The smallest absolute Gasteiger partial charge is 0.264 e.